The lowest BCUT2D eigenvalue weighted by atomic mass is 9.93. The highest BCUT2D eigenvalue weighted by atomic mass is 16.7. The van der Waals surface area contributed by atoms with Gasteiger partial charge in [0.05, 0.1) is 6.61 Å². The Hall–Kier alpha value is -2.05. The first-order valence-corrected chi connectivity index (χ1v) is 9.53. The molecule has 1 saturated heterocycles. The second kappa shape index (κ2) is 7.57. The van der Waals surface area contributed by atoms with Gasteiger partial charge in [-0.05, 0) is 26.0 Å². The van der Waals surface area contributed by atoms with Crippen LogP contribution in [0.4, 0.5) is 0 Å². The zero-order valence-corrected chi connectivity index (χ0v) is 16.3. The Morgan fingerprint density at radius 3 is 2.50 bits per heavy atom. The van der Waals surface area contributed by atoms with E-state index in [1.165, 1.54) is 12.1 Å². The van der Waals surface area contributed by atoms with Crippen molar-refractivity contribution in [3.8, 4) is 5.75 Å². The molecule has 164 valence electrons. The van der Waals surface area contributed by atoms with E-state index in [1.54, 1.807) is 26.0 Å². The third kappa shape index (κ3) is 3.50. The summed E-state index contributed by atoms with van der Waals surface area (Å²) in [5.74, 6) is 0.319. The molecule has 0 spiro atoms. The van der Waals surface area contributed by atoms with Gasteiger partial charge in [0.15, 0.2) is 12.4 Å². The monoisotopic (exact) mass is 424 g/mol. The molecule has 10 heteroatoms. The minimum atomic E-state index is -1.59. The average molecular weight is 424 g/mol. The molecule has 7 atom stereocenters. The Bertz CT molecular complexity index is 983. The van der Waals surface area contributed by atoms with Gasteiger partial charge in [0.25, 0.3) is 0 Å². The molecule has 4 rings (SSSR count). The molecule has 0 bridgehead atoms. The van der Waals surface area contributed by atoms with E-state index < -0.39 is 60.7 Å². The topological polar surface area (TPSA) is 159 Å². The second-order valence-electron chi connectivity index (χ2n) is 8.08. The molecule has 2 aliphatic heterocycles. The number of fused-ring (bicyclic) bond motifs is 2. The van der Waals surface area contributed by atoms with Crippen molar-refractivity contribution in [1.29, 1.82) is 0 Å². The molecule has 30 heavy (non-hydrogen) atoms. The Morgan fingerprint density at radius 2 is 1.80 bits per heavy atom. The SMILES string of the molecule is CC(C)(O[C@@H]1O[C@H](CO)[C@H](O)[C@@H](O)[C@H]1O)[C@H]1Oc2cc3oc(=O)ccc3cc2[C@H]1O. The van der Waals surface area contributed by atoms with Gasteiger partial charge in [-0.25, -0.2) is 4.79 Å². The van der Waals surface area contributed by atoms with Gasteiger partial charge < -0.3 is 44.2 Å². The molecule has 0 radical (unpaired) electrons. The van der Waals surface area contributed by atoms with Crippen LogP contribution in [0.15, 0.2) is 33.5 Å². The number of ether oxygens (including phenoxy) is 3. The number of rotatable bonds is 4. The molecule has 0 aliphatic carbocycles. The van der Waals surface area contributed by atoms with E-state index in [0.29, 0.717) is 22.3 Å². The van der Waals surface area contributed by atoms with Crippen LogP contribution in [-0.4, -0.2) is 74.6 Å². The van der Waals surface area contributed by atoms with E-state index in [-0.39, 0.29) is 0 Å². The molecular weight excluding hydrogens is 400 g/mol. The first kappa shape index (κ1) is 21.2. The molecule has 1 aromatic heterocycles. The fourth-order valence-electron chi connectivity index (χ4n) is 3.87. The first-order valence-electron chi connectivity index (χ1n) is 9.53. The van der Waals surface area contributed by atoms with E-state index in [4.69, 9.17) is 18.6 Å². The van der Waals surface area contributed by atoms with Gasteiger partial charge in [0, 0.05) is 23.1 Å². The standard InChI is InChI=1S/C20H24O10/c1-20(2,30-19-17(26)16(25)15(24)12(7-21)29-19)18-14(23)9-5-8-3-4-13(22)27-10(8)6-11(9)28-18/h3-6,12,14-19,21,23-26H,7H2,1-2H3/t12-,14-,15+,16-,17-,18+,19+/m1/s1. The number of aliphatic hydroxyl groups is 5. The summed E-state index contributed by atoms with van der Waals surface area (Å²) in [6, 6.07) is 6.03. The maximum atomic E-state index is 11.5. The van der Waals surface area contributed by atoms with Crippen molar-refractivity contribution >= 4 is 11.0 Å². The maximum Gasteiger partial charge on any atom is 0.336 e. The normalized spacial score (nSPS) is 34.0. The van der Waals surface area contributed by atoms with Crippen LogP contribution in [0.25, 0.3) is 11.0 Å². The molecular formula is C20H24O10. The Kier molecular flexibility index (Phi) is 5.35. The zero-order chi connectivity index (χ0) is 21.8. The Labute approximate surface area is 170 Å². The molecule has 0 unspecified atom stereocenters. The molecule has 0 saturated carbocycles. The lowest BCUT2D eigenvalue weighted by Crippen LogP contribution is -2.61. The molecule has 10 nitrogen and oxygen atoms in total. The summed E-state index contributed by atoms with van der Waals surface area (Å²) in [4.78, 5) is 11.5. The van der Waals surface area contributed by atoms with Crippen LogP contribution >= 0.6 is 0 Å². The lowest BCUT2D eigenvalue weighted by Gasteiger charge is -2.44. The molecule has 2 aliphatic rings. The van der Waals surface area contributed by atoms with Crippen LogP contribution in [0.1, 0.15) is 25.5 Å². The van der Waals surface area contributed by atoms with Crippen molar-refractivity contribution in [3.63, 3.8) is 0 Å². The Balaban J connectivity index is 1.58. The minimum Gasteiger partial charge on any atom is -0.484 e. The van der Waals surface area contributed by atoms with Crippen LogP contribution in [0.5, 0.6) is 5.75 Å². The predicted molar refractivity (Wildman–Crippen MR) is 101 cm³/mol. The molecule has 1 aromatic carbocycles. The summed E-state index contributed by atoms with van der Waals surface area (Å²) in [6.45, 7) is 2.62. The zero-order valence-electron chi connectivity index (χ0n) is 16.3. The fourth-order valence-corrected chi connectivity index (χ4v) is 3.87. The van der Waals surface area contributed by atoms with Crippen molar-refractivity contribution in [1.82, 2.24) is 0 Å². The van der Waals surface area contributed by atoms with Crippen molar-refractivity contribution in [2.45, 2.75) is 62.4 Å². The molecule has 2 aromatic rings. The average Bonchev–Trinajstić information content (AvgIpc) is 3.03. The smallest absolute Gasteiger partial charge is 0.336 e. The van der Waals surface area contributed by atoms with E-state index in [1.807, 2.05) is 0 Å². The van der Waals surface area contributed by atoms with Gasteiger partial charge in [-0.1, -0.05) is 0 Å². The maximum absolute atomic E-state index is 11.5. The number of hydrogen-bond acceptors (Lipinski definition) is 10. The third-order valence-corrected chi connectivity index (χ3v) is 5.56. The van der Waals surface area contributed by atoms with E-state index >= 15 is 0 Å². The highest BCUT2D eigenvalue weighted by Crippen LogP contribution is 2.44. The van der Waals surface area contributed by atoms with E-state index in [0.717, 1.165) is 0 Å². The van der Waals surface area contributed by atoms with Crippen molar-refractivity contribution in [2.75, 3.05) is 6.61 Å². The van der Waals surface area contributed by atoms with Gasteiger partial charge in [-0.3, -0.25) is 0 Å². The van der Waals surface area contributed by atoms with E-state index in [2.05, 4.69) is 0 Å². The lowest BCUT2D eigenvalue weighted by molar-refractivity contribution is -0.332. The van der Waals surface area contributed by atoms with Gasteiger partial charge in [0.2, 0.25) is 0 Å². The molecule has 3 heterocycles. The van der Waals surface area contributed by atoms with Gasteiger partial charge in [-0.15, -0.1) is 0 Å². The number of hydrogen-bond donors (Lipinski definition) is 5. The Morgan fingerprint density at radius 1 is 1.07 bits per heavy atom. The van der Waals surface area contributed by atoms with Crippen LogP contribution in [-0.2, 0) is 9.47 Å². The molecule has 0 amide bonds. The molecule has 1 fully saturated rings. The van der Waals surface area contributed by atoms with Crippen LogP contribution in [0.3, 0.4) is 0 Å². The highest BCUT2D eigenvalue weighted by molar-refractivity contribution is 5.80. The number of aliphatic hydroxyl groups excluding tert-OH is 5. The second-order valence-corrected chi connectivity index (χ2v) is 8.08. The molecule has 5 N–H and O–H groups in total. The first-order chi connectivity index (χ1) is 14.1. The van der Waals surface area contributed by atoms with Gasteiger partial charge in [0.1, 0.15) is 47.5 Å². The van der Waals surface area contributed by atoms with Gasteiger partial charge >= 0.3 is 5.63 Å². The largest absolute Gasteiger partial charge is 0.484 e. The highest BCUT2D eigenvalue weighted by Gasteiger charge is 2.50. The van der Waals surface area contributed by atoms with Crippen molar-refractivity contribution < 1.29 is 44.2 Å². The predicted octanol–water partition coefficient (Wildman–Crippen LogP) is -0.818. The summed E-state index contributed by atoms with van der Waals surface area (Å²) in [5.41, 5.74) is -0.962. The number of benzene rings is 1. The summed E-state index contributed by atoms with van der Waals surface area (Å²) in [7, 11) is 0. The van der Waals surface area contributed by atoms with Crippen molar-refractivity contribution in [2.24, 2.45) is 0 Å². The summed E-state index contributed by atoms with van der Waals surface area (Å²) in [6.07, 6.45) is -9.21. The summed E-state index contributed by atoms with van der Waals surface area (Å²) < 4.78 is 22.2. The van der Waals surface area contributed by atoms with Crippen LogP contribution in [0, 0.1) is 0 Å². The van der Waals surface area contributed by atoms with Gasteiger partial charge in [-0.2, -0.15) is 0 Å². The van der Waals surface area contributed by atoms with Crippen molar-refractivity contribution in [3.05, 3.63) is 40.2 Å². The van der Waals surface area contributed by atoms with Crippen LogP contribution in [0.2, 0.25) is 0 Å². The fraction of sp³-hybridized carbons (Fsp3) is 0.550. The summed E-state index contributed by atoms with van der Waals surface area (Å²) in [5, 5.41) is 50.9. The third-order valence-electron chi connectivity index (χ3n) is 5.56. The summed E-state index contributed by atoms with van der Waals surface area (Å²) >= 11 is 0. The van der Waals surface area contributed by atoms with E-state index in [9.17, 15) is 30.3 Å². The van der Waals surface area contributed by atoms with Crippen LogP contribution < -0.4 is 10.4 Å². The minimum absolute atomic E-state index is 0.307. The quantitative estimate of drug-likeness (QED) is 0.393.